The van der Waals surface area contributed by atoms with Crippen molar-refractivity contribution in [1.29, 1.82) is 0 Å². The number of aliphatic hydroxyl groups is 2. The maximum absolute atomic E-state index is 9.73. The van der Waals surface area contributed by atoms with Gasteiger partial charge >= 0.3 is 0 Å². The molecule has 3 N–H and O–H groups in total. The second-order valence-corrected chi connectivity index (χ2v) is 6.53. The van der Waals surface area contributed by atoms with Crippen molar-refractivity contribution < 1.29 is 10.2 Å². The van der Waals surface area contributed by atoms with E-state index in [1.807, 2.05) is 0 Å². The number of hydrogen-bond acceptors (Lipinski definition) is 3. The molecule has 1 aliphatic rings. The van der Waals surface area contributed by atoms with E-state index in [0.717, 1.165) is 6.42 Å². The molecule has 0 aromatic carbocycles. The Morgan fingerprint density at radius 1 is 1.44 bits per heavy atom. The van der Waals surface area contributed by atoms with E-state index in [4.69, 9.17) is 5.11 Å². The summed E-state index contributed by atoms with van der Waals surface area (Å²) in [5.74, 6) is 0.637. The van der Waals surface area contributed by atoms with Crippen LogP contribution in [0.3, 0.4) is 0 Å². The van der Waals surface area contributed by atoms with Gasteiger partial charge in [-0.05, 0) is 37.5 Å². The van der Waals surface area contributed by atoms with Crippen molar-refractivity contribution in [3.63, 3.8) is 0 Å². The van der Waals surface area contributed by atoms with Crippen LogP contribution in [0, 0.1) is 11.3 Å². The zero-order valence-electron chi connectivity index (χ0n) is 11.1. The van der Waals surface area contributed by atoms with Gasteiger partial charge in [0.05, 0.1) is 12.2 Å². The van der Waals surface area contributed by atoms with Gasteiger partial charge in [-0.15, -0.1) is 0 Å². The van der Waals surface area contributed by atoms with Gasteiger partial charge in [-0.3, -0.25) is 0 Å². The largest absolute Gasteiger partial charge is 0.393 e. The second-order valence-electron chi connectivity index (χ2n) is 6.53. The molecule has 1 fully saturated rings. The lowest BCUT2D eigenvalue weighted by atomic mass is 9.70. The van der Waals surface area contributed by atoms with Gasteiger partial charge in [0, 0.05) is 12.6 Å². The topological polar surface area (TPSA) is 52.5 Å². The van der Waals surface area contributed by atoms with E-state index in [9.17, 15) is 5.11 Å². The summed E-state index contributed by atoms with van der Waals surface area (Å²) in [5, 5.41) is 22.1. The van der Waals surface area contributed by atoms with Gasteiger partial charge in [-0.25, -0.2) is 0 Å². The van der Waals surface area contributed by atoms with E-state index in [-0.39, 0.29) is 6.61 Å². The first-order valence-corrected chi connectivity index (χ1v) is 6.32. The molecular formula is C13H27NO2. The van der Waals surface area contributed by atoms with Crippen LogP contribution in [0.1, 0.15) is 47.0 Å². The van der Waals surface area contributed by atoms with Gasteiger partial charge in [0.25, 0.3) is 0 Å². The smallest absolute Gasteiger partial charge is 0.0972 e. The van der Waals surface area contributed by atoms with Gasteiger partial charge < -0.3 is 15.5 Å². The van der Waals surface area contributed by atoms with Gasteiger partial charge in [0.1, 0.15) is 0 Å². The normalized spacial score (nSPS) is 33.4. The SMILES string of the molecule is CC1CC(C)(C)CCC1NCC(C)(O)CO. The first-order chi connectivity index (χ1) is 7.26. The molecule has 0 heterocycles. The number of rotatable bonds is 4. The summed E-state index contributed by atoms with van der Waals surface area (Å²) in [5.41, 5.74) is -0.538. The molecule has 3 nitrogen and oxygen atoms in total. The average Bonchev–Trinajstić information content (AvgIpc) is 2.15. The maximum atomic E-state index is 9.73. The number of nitrogens with one attached hydrogen (secondary N) is 1. The monoisotopic (exact) mass is 229 g/mol. The van der Waals surface area contributed by atoms with Crippen molar-refractivity contribution in [2.45, 2.75) is 58.6 Å². The standard InChI is InChI=1S/C13H27NO2/c1-10-7-12(2,3)6-5-11(10)14-8-13(4,16)9-15/h10-11,14-16H,5-9H2,1-4H3. The van der Waals surface area contributed by atoms with Gasteiger partial charge in [-0.1, -0.05) is 20.8 Å². The van der Waals surface area contributed by atoms with Gasteiger partial charge in [-0.2, -0.15) is 0 Å². The second kappa shape index (κ2) is 5.03. The highest BCUT2D eigenvalue weighted by Crippen LogP contribution is 2.38. The molecule has 1 aliphatic carbocycles. The summed E-state index contributed by atoms with van der Waals surface area (Å²) in [4.78, 5) is 0. The fourth-order valence-electron chi connectivity index (χ4n) is 2.66. The highest BCUT2D eigenvalue weighted by molar-refractivity contribution is 4.88. The van der Waals surface area contributed by atoms with Crippen molar-refractivity contribution in [3.8, 4) is 0 Å². The molecule has 0 radical (unpaired) electrons. The molecule has 3 atom stereocenters. The van der Waals surface area contributed by atoms with E-state index in [0.29, 0.717) is 23.9 Å². The summed E-state index contributed by atoms with van der Waals surface area (Å²) in [7, 11) is 0. The Kier molecular flexibility index (Phi) is 4.38. The quantitative estimate of drug-likeness (QED) is 0.685. The third-order valence-electron chi connectivity index (χ3n) is 3.78. The minimum Gasteiger partial charge on any atom is -0.393 e. The molecule has 0 aromatic heterocycles. The molecule has 3 heteroatoms. The minimum absolute atomic E-state index is 0.188. The number of hydrogen-bond donors (Lipinski definition) is 3. The molecule has 1 rings (SSSR count). The molecule has 0 saturated heterocycles. The highest BCUT2D eigenvalue weighted by atomic mass is 16.3. The first kappa shape index (κ1) is 13.9. The lowest BCUT2D eigenvalue weighted by Gasteiger charge is -2.40. The minimum atomic E-state index is -0.993. The molecule has 0 bridgehead atoms. The summed E-state index contributed by atoms with van der Waals surface area (Å²) in [6.07, 6.45) is 3.62. The molecule has 0 aromatic rings. The van der Waals surface area contributed by atoms with Crippen molar-refractivity contribution >= 4 is 0 Å². The fourth-order valence-corrected chi connectivity index (χ4v) is 2.66. The Hall–Kier alpha value is -0.120. The van der Waals surface area contributed by atoms with Crippen LogP contribution < -0.4 is 5.32 Å². The van der Waals surface area contributed by atoms with E-state index >= 15 is 0 Å². The predicted octanol–water partition coefficient (Wildman–Crippen LogP) is 1.53. The van der Waals surface area contributed by atoms with Crippen molar-refractivity contribution in [3.05, 3.63) is 0 Å². The summed E-state index contributed by atoms with van der Waals surface area (Å²) < 4.78 is 0. The van der Waals surface area contributed by atoms with Crippen molar-refractivity contribution in [2.24, 2.45) is 11.3 Å². The van der Waals surface area contributed by atoms with Crippen LogP contribution in [0.15, 0.2) is 0 Å². The molecule has 16 heavy (non-hydrogen) atoms. The third kappa shape index (κ3) is 4.04. The molecule has 0 spiro atoms. The van der Waals surface area contributed by atoms with Crippen molar-refractivity contribution in [2.75, 3.05) is 13.2 Å². The van der Waals surface area contributed by atoms with Crippen LogP contribution in [0.25, 0.3) is 0 Å². The molecule has 0 amide bonds. The van der Waals surface area contributed by atoms with E-state index in [1.165, 1.54) is 12.8 Å². The zero-order chi connectivity index (χ0) is 12.4. The zero-order valence-corrected chi connectivity index (χ0v) is 11.1. The fraction of sp³-hybridized carbons (Fsp3) is 1.00. The molecule has 1 saturated carbocycles. The van der Waals surface area contributed by atoms with Crippen LogP contribution in [-0.2, 0) is 0 Å². The highest BCUT2D eigenvalue weighted by Gasteiger charge is 2.33. The van der Waals surface area contributed by atoms with Gasteiger partial charge in [0.15, 0.2) is 0 Å². The Morgan fingerprint density at radius 2 is 2.06 bits per heavy atom. The third-order valence-corrected chi connectivity index (χ3v) is 3.78. The van der Waals surface area contributed by atoms with Crippen LogP contribution in [-0.4, -0.2) is 35.0 Å². The Morgan fingerprint density at radius 3 is 2.56 bits per heavy atom. The molecule has 0 aliphatic heterocycles. The molecular weight excluding hydrogens is 202 g/mol. The van der Waals surface area contributed by atoms with E-state index in [2.05, 4.69) is 26.1 Å². The van der Waals surface area contributed by atoms with Crippen molar-refractivity contribution in [1.82, 2.24) is 5.32 Å². The Labute approximate surface area is 99.3 Å². The predicted molar refractivity (Wildman–Crippen MR) is 66.3 cm³/mol. The van der Waals surface area contributed by atoms with Crippen LogP contribution >= 0.6 is 0 Å². The Balaban J connectivity index is 2.39. The lowest BCUT2D eigenvalue weighted by molar-refractivity contribution is -0.00343. The lowest BCUT2D eigenvalue weighted by Crippen LogP contribution is -2.49. The van der Waals surface area contributed by atoms with Crippen LogP contribution in [0.4, 0.5) is 0 Å². The average molecular weight is 229 g/mol. The summed E-state index contributed by atoms with van der Waals surface area (Å²) in [6.45, 7) is 8.86. The van der Waals surface area contributed by atoms with E-state index < -0.39 is 5.60 Å². The molecule has 96 valence electrons. The van der Waals surface area contributed by atoms with Crippen LogP contribution in [0.5, 0.6) is 0 Å². The van der Waals surface area contributed by atoms with E-state index in [1.54, 1.807) is 6.92 Å². The Bertz CT molecular complexity index is 226. The summed E-state index contributed by atoms with van der Waals surface area (Å²) >= 11 is 0. The maximum Gasteiger partial charge on any atom is 0.0972 e. The summed E-state index contributed by atoms with van der Waals surface area (Å²) in [6, 6.07) is 0.478. The molecule has 3 unspecified atom stereocenters. The first-order valence-electron chi connectivity index (χ1n) is 6.32. The number of aliphatic hydroxyl groups excluding tert-OH is 1. The van der Waals surface area contributed by atoms with Gasteiger partial charge in [0.2, 0.25) is 0 Å². The van der Waals surface area contributed by atoms with Crippen LogP contribution in [0.2, 0.25) is 0 Å².